The third kappa shape index (κ3) is 5.72. The van der Waals surface area contributed by atoms with Crippen LogP contribution in [0.5, 0.6) is 6.01 Å². The van der Waals surface area contributed by atoms with Crippen LogP contribution in [0.2, 0.25) is 0 Å². The van der Waals surface area contributed by atoms with E-state index in [4.69, 9.17) is 4.74 Å². The third-order valence-electron chi connectivity index (χ3n) is 6.99. The van der Waals surface area contributed by atoms with Crippen LogP contribution >= 0.6 is 11.8 Å². The zero-order valence-electron chi connectivity index (χ0n) is 21.1. The first kappa shape index (κ1) is 25.5. The number of fused-ring (bicyclic) bond motifs is 2. The molecule has 9 heteroatoms. The normalized spacial score (nSPS) is 17.4. The Morgan fingerprint density at radius 3 is 2.97 bits per heavy atom. The second-order valence-corrected chi connectivity index (χ2v) is 10.6. The van der Waals surface area contributed by atoms with Crippen molar-refractivity contribution in [3.63, 3.8) is 0 Å². The molecule has 1 fully saturated rings. The summed E-state index contributed by atoms with van der Waals surface area (Å²) in [6.45, 7) is 5.79. The van der Waals surface area contributed by atoms with Gasteiger partial charge in [0.1, 0.15) is 18.2 Å². The van der Waals surface area contributed by atoms with Crippen molar-refractivity contribution in [2.45, 2.75) is 36.6 Å². The highest BCUT2D eigenvalue weighted by Gasteiger charge is 2.23. The molecule has 1 atom stereocenters. The zero-order valence-corrected chi connectivity index (χ0v) is 21.9. The Bertz CT molecular complexity index is 1320. The number of ether oxygens (including phenoxy) is 1. The second kappa shape index (κ2) is 11.5. The number of benzene rings is 2. The molecule has 0 unspecified atom stereocenters. The van der Waals surface area contributed by atoms with Crippen molar-refractivity contribution in [1.82, 2.24) is 20.2 Å². The first-order valence-corrected chi connectivity index (χ1v) is 13.8. The molecule has 0 spiro atoms. The Morgan fingerprint density at radius 2 is 2.16 bits per heavy atom. The first-order chi connectivity index (χ1) is 18.0. The first-order valence-electron chi connectivity index (χ1n) is 12.8. The van der Waals surface area contributed by atoms with Gasteiger partial charge in [0.05, 0.1) is 5.52 Å². The van der Waals surface area contributed by atoms with Gasteiger partial charge in [0, 0.05) is 35.0 Å². The predicted molar refractivity (Wildman–Crippen MR) is 147 cm³/mol. The van der Waals surface area contributed by atoms with Gasteiger partial charge in [0.2, 0.25) is 5.91 Å². The number of thioether (sulfide) groups is 1. The molecule has 1 amide bonds. The molecule has 2 N–H and O–H groups in total. The number of rotatable bonds is 9. The van der Waals surface area contributed by atoms with E-state index < -0.39 is 0 Å². The van der Waals surface area contributed by atoms with Crippen molar-refractivity contribution in [2.24, 2.45) is 0 Å². The van der Waals surface area contributed by atoms with Gasteiger partial charge in [-0.15, -0.1) is 11.8 Å². The summed E-state index contributed by atoms with van der Waals surface area (Å²) in [5.41, 5.74) is 3.26. The Kier molecular flexibility index (Phi) is 7.90. The molecular formula is C28H32FN5O2S. The van der Waals surface area contributed by atoms with Gasteiger partial charge in [-0.3, -0.25) is 4.79 Å². The minimum atomic E-state index is -0.315. The number of likely N-dealkylation sites (N-methyl/N-ethyl adjacent to an activating group) is 1. The number of likely N-dealkylation sites (tertiary alicyclic amines) is 1. The van der Waals surface area contributed by atoms with Crippen molar-refractivity contribution in [1.29, 1.82) is 0 Å². The molecule has 1 aromatic heterocycles. The number of aromatic nitrogens is 2. The average Bonchev–Trinajstić information content (AvgIpc) is 3.33. The monoisotopic (exact) mass is 521 g/mol. The zero-order chi connectivity index (χ0) is 25.8. The maximum absolute atomic E-state index is 15.6. The number of amides is 1. The van der Waals surface area contributed by atoms with E-state index in [0.29, 0.717) is 48.0 Å². The standard InChI is InChI=1S/C28H32FN5O2S/c1-3-26(35)30-11-12-31-27-22-15-23(29)21(19-8-4-10-25-20(19)9-6-14-37-25)16-24(22)32-28(33-27)36-17-18-7-5-13-34(18)2/h3-4,8,10,15-16,18H,1,5-7,9,11-14,17H2,2H3,(H,30,35)(H,31,32,33)/t18-/m0/s1. The fraction of sp³-hybridized carbons (Fsp3) is 0.393. The summed E-state index contributed by atoms with van der Waals surface area (Å²) in [6, 6.07) is 9.98. The molecule has 5 rings (SSSR count). The number of anilines is 1. The topological polar surface area (TPSA) is 79.4 Å². The van der Waals surface area contributed by atoms with Crippen LogP contribution in [0.3, 0.4) is 0 Å². The van der Waals surface area contributed by atoms with Crippen molar-refractivity contribution in [3.05, 3.63) is 54.4 Å². The molecular weight excluding hydrogens is 489 g/mol. The molecule has 0 bridgehead atoms. The highest BCUT2D eigenvalue weighted by molar-refractivity contribution is 7.99. The Labute approximate surface area is 220 Å². The second-order valence-electron chi connectivity index (χ2n) is 9.45. The van der Waals surface area contributed by atoms with Gasteiger partial charge in [-0.05, 0) is 80.4 Å². The molecule has 0 radical (unpaired) electrons. The van der Waals surface area contributed by atoms with Crippen LogP contribution in [-0.2, 0) is 11.2 Å². The van der Waals surface area contributed by atoms with Crippen LogP contribution in [0.15, 0.2) is 47.9 Å². The Hall–Kier alpha value is -3.17. The van der Waals surface area contributed by atoms with Crippen LogP contribution in [0.4, 0.5) is 10.2 Å². The summed E-state index contributed by atoms with van der Waals surface area (Å²) in [4.78, 5) is 24.3. The van der Waals surface area contributed by atoms with Crippen LogP contribution in [-0.4, -0.2) is 65.9 Å². The maximum Gasteiger partial charge on any atom is 0.318 e. The van der Waals surface area contributed by atoms with Gasteiger partial charge in [0.25, 0.3) is 0 Å². The van der Waals surface area contributed by atoms with E-state index in [0.717, 1.165) is 43.5 Å². The number of hydrogen-bond acceptors (Lipinski definition) is 7. The van der Waals surface area contributed by atoms with Crippen LogP contribution < -0.4 is 15.4 Å². The van der Waals surface area contributed by atoms with Crippen LogP contribution in [0, 0.1) is 5.82 Å². The van der Waals surface area contributed by atoms with Crippen molar-refractivity contribution in [3.8, 4) is 17.1 Å². The number of nitrogens with zero attached hydrogens (tertiary/aromatic N) is 3. The molecule has 0 aliphatic carbocycles. The number of carbonyl (C=O) groups is 1. The largest absolute Gasteiger partial charge is 0.462 e. The quantitative estimate of drug-likeness (QED) is 0.313. The molecule has 7 nitrogen and oxygen atoms in total. The van der Waals surface area contributed by atoms with E-state index >= 15 is 4.39 Å². The van der Waals surface area contributed by atoms with Gasteiger partial charge in [-0.1, -0.05) is 18.7 Å². The molecule has 3 aromatic rings. The smallest absolute Gasteiger partial charge is 0.318 e. The summed E-state index contributed by atoms with van der Waals surface area (Å²) in [5.74, 6) is 0.996. The number of nitrogens with one attached hydrogen (secondary N) is 2. The number of hydrogen-bond donors (Lipinski definition) is 2. The molecule has 2 aliphatic heterocycles. The van der Waals surface area contributed by atoms with Gasteiger partial charge in [-0.25, -0.2) is 4.39 Å². The maximum atomic E-state index is 15.6. The highest BCUT2D eigenvalue weighted by Crippen LogP contribution is 2.39. The minimum absolute atomic E-state index is 0.251. The SMILES string of the molecule is C=CC(=O)NCCNc1nc(OC[C@@H]2CCCN2C)nc2cc(-c3cccc4c3CCCS4)c(F)cc12. The molecule has 2 aromatic carbocycles. The van der Waals surface area contributed by atoms with Crippen LogP contribution in [0.1, 0.15) is 24.8 Å². The lowest BCUT2D eigenvalue weighted by molar-refractivity contribution is -0.116. The summed E-state index contributed by atoms with van der Waals surface area (Å²) >= 11 is 1.83. The lowest BCUT2D eigenvalue weighted by atomic mass is 9.95. The summed E-state index contributed by atoms with van der Waals surface area (Å²) in [5, 5.41) is 6.52. The Balaban J connectivity index is 1.49. The van der Waals surface area contributed by atoms with Gasteiger partial charge < -0.3 is 20.3 Å². The van der Waals surface area contributed by atoms with Crippen LogP contribution in [0.25, 0.3) is 22.0 Å². The predicted octanol–water partition coefficient (Wildman–Crippen LogP) is 4.66. The van der Waals surface area contributed by atoms with Crippen molar-refractivity contribution in [2.75, 3.05) is 44.4 Å². The molecule has 1 saturated heterocycles. The summed E-state index contributed by atoms with van der Waals surface area (Å²) < 4.78 is 21.6. The summed E-state index contributed by atoms with van der Waals surface area (Å²) in [6.07, 6.45) is 5.46. The summed E-state index contributed by atoms with van der Waals surface area (Å²) in [7, 11) is 2.10. The highest BCUT2D eigenvalue weighted by atomic mass is 32.2. The minimum Gasteiger partial charge on any atom is -0.462 e. The lowest BCUT2D eigenvalue weighted by Crippen LogP contribution is -2.31. The molecule has 0 saturated carbocycles. The van der Waals surface area contributed by atoms with E-state index in [9.17, 15) is 4.79 Å². The molecule has 3 heterocycles. The fourth-order valence-electron chi connectivity index (χ4n) is 4.98. The number of halogens is 1. The van der Waals surface area contributed by atoms with Crippen molar-refractivity contribution >= 4 is 34.4 Å². The molecule has 194 valence electrons. The Morgan fingerprint density at radius 1 is 1.27 bits per heavy atom. The van der Waals surface area contributed by atoms with E-state index in [1.807, 2.05) is 23.9 Å². The van der Waals surface area contributed by atoms with E-state index in [1.54, 1.807) is 6.07 Å². The van der Waals surface area contributed by atoms with E-state index in [-0.39, 0.29) is 17.7 Å². The van der Waals surface area contributed by atoms with Gasteiger partial charge in [-0.2, -0.15) is 9.97 Å². The molecule has 37 heavy (non-hydrogen) atoms. The number of carbonyl (C=O) groups excluding carboxylic acids is 1. The third-order valence-corrected chi connectivity index (χ3v) is 8.18. The average molecular weight is 522 g/mol. The fourth-order valence-corrected chi connectivity index (χ4v) is 6.04. The molecule has 2 aliphatic rings. The van der Waals surface area contributed by atoms with Gasteiger partial charge in [0.15, 0.2) is 0 Å². The van der Waals surface area contributed by atoms with E-state index in [2.05, 4.69) is 45.2 Å². The van der Waals surface area contributed by atoms with E-state index in [1.165, 1.54) is 22.6 Å². The lowest BCUT2D eigenvalue weighted by Gasteiger charge is -2.20. The van der Waals surface area contributed by atoms with Crippen molar-refractivity contribution < 1.29 is 13.9 Å². The van der Waals surface area contributed by atoms with Gasteiger partial charge >= 0.3 is 6.01 Å².